The van der Waals surface area contributed by atoms with E-state index in [1.807, 2.05) is 6.92 Å². The van der Waals surface area contributed by atoms with Gasteiger partial charge in [-0.3, -0.25) is 0 Å². The zero-order valence-corrected chi connectivity index (χ0v) is 15.8. The molecule has 2 bridgehead atoms. The number of halogens is 1. The highest BCUT2D eigenvalue weighted by Crippen LogP contribution is 2.34. The van der Waals surface area contributed by atoms with Crippen molar-refractivity contribution in [1.82, 2.24) is 19.7 Å². The number of carboxylic acid groups (broad SMARTS) is 1. The van der Waals surface area contributed by atoms with E-state index in [1.54, 1.807) is 20.8 Å². The summed E-state index contributed by atoms with van der Waals surface area (Å²) >= 11 is 6.16. The van der Waals surface area contributed by atoms with Crippen LogP contribution >= 0.6 is 11.6 Å². The third-order valence-electron chi connectivity index (χ3n) is 4.29. The molecule has 0 saturated heterocycles. The number of ether oxygens (including phenoxy) is 1. The number of hydrogen-bond donors (Lipinski definition) is 3. The minimum absolute atomic E-state index is 0.0652. The van der Waals surface area contributed by atoms with Gasteiger partial charge in [0.15, 0.2) is 11.4 Å². The van der Waals surface area contributed by atoms with Gasteiger partial charge in [0.2, 0.25) is 5.95 Å². The molecule has 0 spiro atoms. The van der Waals surface area contributed by atoms with Crippen molar-refractivity contribution in [3.05, 3.63) is 16.9 Å². The molecule has 1 atom stereocenters. The molecule has 0 amide bonds. The van der Waals surface area contributed by atoms with E-state index >= 15 is 0 Å². The molecule has 1 aliphatic heterocycles. The molecule has 0 saturated carbocycles. The van der Waals surface area contributed by atoms with E-state index in [2.05, 4.69) is 25.7 Å². The van der Waals surface area contributed by atoms with Crippen molar-refractivity contribution >= 4 is 35.0 Å². The van der Waals surface area contributed by atoms with Gasteiger partial charge in [0, 0.05) is 12.5 Å². The number of aromatic nitrogens is 4. The fraction of sp³-hybridized carbons (Fsp3) is 0.500. The Labute approximate surface area is 155 Å². The van der Waals surface area contributed by atoms with Crippen LogP contribution in [-0.2, 0) is 10.3 Å². The van der Waals surface area contributed by atoms with Gasteiger partial charge < -0.3 is 20.5 Å². The molecule has 0 radical (unpaired) electrons. The van der Waals surface area contributed by atoms with Crippen LogP contribution in [0, 0.1) is 6.92 Å². The van der Waals surface area contributed by atoms with Crippen LogP contribution in [0.15, 0.2) is 6.20 Å². The van der Waals surface area contributed by atoms with Crippen molar-refractivity contribution in [3.8, 4) is 5.88 Å². The summed E-state index contributed by atoms with van der Waals surface area (Å²) < 4.78 is 7.25. The highest BCUT2D eigenvalue weighted by Gasteiger charge is 2.34. The lowest BCUT2D eigenvalue weighted by Gasteiger charge is -2.21. The fourth-order valence-electron chi connectivity index (χ4n) is 2.63. The Kier molecular flexibility index (Phi) is 4.66. The topological polar surface area (TPSA) is 114 Å². The van der Waals surface area contributed by atoms with Crippen molar-refractivity contribution in [2.24, 2.45) is 0 Å². The molecule has 2 aromatic heterocycles. The maximum absolute atomic E-state index is 11.6. The highest BCUT2D eigenvalue weighted by atomic mass is 35.5. The summed E-state index contributed by atoms with van der Waals surface area (Å²) in [5.74, 6) is 0.152. The molecular weight excluding hydrogens is 360 g/mol. The number of carboxylic acids is 1. The third kappa shape index (κ3) is 3.26. The third-order valence-corrected chi connectivity index (χ3v) is 4.57. The summed E-state index contributed by atoms with van der Waals surface area (Å²) in [6.07, 6.45) is 2.19. The minimum atomic E-state index is -1.24. The minimum Gasteiger partial charge on any atom is -0.479 e. The second-order valence-electron chi connectivity index (χ2n) is 6.74. The Hall–Kier alpha value is -2.55. The molecule has 3 N–H and O–H groups in total. The number of nitrogens with one attached hydrogen (secondary N) is 2. The number of nitrogens with zero attached hydrogens (tertiary/aromatic N) is 4. The first kappa shape index (κ1) is 18.2. The molecular formula is C16H21ClN6O3. The largest absolute Gasteiger partial charge is 0.479 e. The van der Waals surface area contributed by atoms with Crippen LogP contribution in [0.3, 0.4) is 0 Å². The lowest BCUT2D eigenvalue weighted by Crippen LogP contribution is -2.37. The predicted molar refractivity (Wildman–Crippen MR) is 97.4 cm³/mol. The average Bonchev–Trinajstić information content (AvgIpc) is 2.86. The fourth-order valence-corrected chi connectivity index (χ4v) is 2.78. The van der Waals surface area contributed by atoms with E-state index in [9.17, 15) is 9.90 Å². The second-order valence-corrected chi connectivity index (χ2v) is 7.15. The molecule has 2 aromatic rings. The van der Waals surface area contributed by atoms with Crippen LogP contribution in [-0.4, -0.2) is 43.5 Å². The van der Waals surface area contributed by atoms with Crippen LogP contribution in [0.2, 0.25) is 5.02 Å². The van der Waals surface area contributed by atoms with E-state index in [4.69, 9.17) is 16.3 Å². The Balaban J connectivity index is 2.10. The van der Waals surface area contributed by atoms with Crippen molar-refractivity contribution in [3.63, 3.8) is 0 Å². The van der Waals surface area contributed by atoms with Crippen LogP contribution in [0.5, 0.6) is 5.88 Å². The number of carbonyl (C=O) groups is 1. The normalized spacial score (nSPS) is 17.2. The summed E-state index contributed by atoms with van der Waals surface area (Å²) in [7, 11) is 0. The molecule has 0 aliphatic carbocycles. The number of anilines is 3. The zero-order valence-electron chi connectivity index (χ0n) is 15.0. The SMILES string of the molecule is Cc1c2c(nn1C(C)(C)C(=O)O)OCCC(C)Nc1nc(ncc1Cl)N2. The van der Waals surface area contributed by atoms with Gasteiger partial charge in [-0.25, -0.2) is 14.5 Å². The van der Waals surface area contributed by atoms with Gasteiger partial charge in [0.05, 0.1) is 18.5 Å². The Morgan fingerprint density at radius 2 is 2.23 bits per heavy atom. The van der Waals surface area contributed by atoms with E-state index in [-0.39, 0.29) is 6.04 Å². The number of hydrogen-bond acceptors (Lipinski definition) is 7. The standard InChI is InChI=1S/C16H21ClN6O3/c1-8-5-6-26-13-11(9(2)23(22-13)16(3,4)14(24)25)20-15-18-7-10(17)12(19-8)21-15/h7-8H,5-6H2,1-4H3,(H,24,25)(H2,18,19,20,21). The summed E-state index contributed by atoms with van der Waals surface area (Å²) in [5.41, 5.74) is -0.102. The molecule has 1 unspecified atom stereocenters. The average molecular weight is 381 g/mol. The van der Waals surface area contributed by atoms with Crippen molar-refractivity contribution < 1.29 is 14.6 Å². The van der Waals surface area contributed by atoms with Crippen molar-refractivity contribution in [1.29, 1.82) is 0 Å². The van der Waals surface area contributed by atoms with Gasteiger partial charge in [0.25, 0.3) is 5.88 Å². The lowest BCUT2D eigenvalue weighted by atomic mass is 10.1. The molecule has 0 fully saturated rings. The number of fused-ring (bicyclic) bond motifs is 3. The summed E-state index contributed by atoms with van der Waals surface area (Å²) in [4.78, 5) is 20.2. The monoisotopic (exact) mass is 380 g/mol. The first-order valence-electron chi connectivity index (χ1n) is 8.22. The molecule has 0 aromatic carbocycles. The molecule has 26 heavy (non-hydrogen) atoms. The first-order chi connectivity index (χ1) is 12.2. The Morgan fingerprint density at radius 1 is 1.50 bits per heavy atom. The molecule has 9 nitrogen and oxygen atoms in total. The second kappa shape index (κ2) is 6.64. The van der Waals surface area contributed by atoms with E-state index in [0.717, 1.165) is 0 Å². The zero-order chi connectivity index (χ0) is 19.1. The molecule has 10 heteroatoms. The van der Waals surface area contributed by atoms with E-state index in [1.165, 1.54) is 10.9 Å². The van der Waals surface area contributed by atoms with E-state index in [0.29, 0.717) is 47.1 Å². The van der Waals surface area contributed by atoms with Crippen molar-refractivity contribution in [2.75, 3.05) is 17.2 Å². The van der Waals surface area contributed by atoms with Crippen LogP contribution in [0.4, 0.5) is 17.5 Å². The summed E-state index contributed by atoms with van der Waals surface area (Å²) in [6.45, 7) is 7.31. The molecule has 1 aliphatic rings. The highest BCUT2D eigenvalue weighted by molar-refractivity contribution is 6.32. The van der Waals surface area contributed by atoms with Crippen LogP contribution in [0.25, 0.3) is 0 Å². The van der Waals surface area contributed by atoms with Crippen molar-refractivity contribution in [2.45, 2.75) is 45.7 Å². The Bertz CT molecular complexity index is 851. The van der Waals surface area contributed by atoms with Crippen LogP contribution < -0.4 is 15.4 Å². The molecule has 3 rings (SSSR count). The maximum Gasteiger partial charge on any atom is 0.331 e. The number of aliphatic carboxylic acids is 1. The van der Waals surface area contributed by atoms with Gasteiger partial charge in [-0.15, -0.1) is 5.10 Å². The predicted octanol–water partition coefficient (Wildman–Crippen LogP) is 2.78. The van der Waals surface area contributed by atoms with Gasteiger partial charge in [0.1, 0.15) is 10.7 Å². The quantitative estimate of drug-likeness (QED) is 0.728. The van der Waals surface area contributed by atoms with Gasteiger partial charge >= 0.3 is 5.97 Å². The lowest BCUT2D eigenvalue weighted by molar-refractivity contribution is -0.146. The molecule has 140 valence electrons. The maximum atomic E-state index is 11.6. The summed E-state index contributed by atoms with van der Waals surface area (Å²) in [6, 6.07) is 0.0652. The number of rotatable bonds is 2. The van der Waals surface area contributed by atoms with Gasteiger partial charge in [-0.2, -0.15) is 4.98 Å². The molecule has 3 heterocycles. The van der Waals surface area contributed by atoms with Crippen LogP contribution in [0.1, 0.15) is 32.9 Å². The van der Waals surface area contributed by atoms with Gasteiger partial charge in [-0.05, 0) is 27.7 Å². The first-order valence-corrected chi connectivity index (χ1v) is 8.60. The Morgan fingerprint density at radius 3 is 2.92 bits per heavy atom. The van der Waals surface area contributed by atoms with Gasteiger partial charge in [-0.1, -0.05) is 11.6 Å². The van der Waals surface area contributed by atoms with E-state index < -0.39 is 11.5 Å². The smallest absolute Gasteiger partial charge is 0.331 e. The summed E-state index contributed by atoms with van der Waals surface area (Å²) in [5, 5.41) is 20.6.